The van der Waals surface area contributed by atoms with Crippen LogP contribution in [0.2, 0.25) is 0 Å². The quantitative estimate of drug-likeness (QED) is 0.688. The highest BCUT2D eigenvalue weighted by atomic mass is 32.2. The summed E-state index contributed by atoms with van der Waals surface area (Å²) in [6, 6.07) is -0.760. The van der Waals surface area contributed by atoms with E-state index in [0.717, 1.165) is 25.5 Å². The summed E-state index contributed by atoms with van der Waals surface area (Å²) < 4.78 is 22.0. The molecule has 0 heterocycles. The first-order valence-corrected chi connectivity index (χ1v) is 8.51. The lowest BCUT2D eigenvalue weighted by Gasteiger charge is -2.33. The fourth-order valence-corrected chi connectivity index (χ4v) is 2.52. The van der Waals surface area contributed by atoms with E-state index >= 15 is 0 Å². The van der Waals surface area contributed by atoms with Crippen molar-refractivity contribution in [3.8, 4) is 0 Å². The number of nitrogens with two attached hydrogens (primary N) is 1. The van der Waals surface area contributed by atoms with Crippen molar-refractivity contribution in [1.29, 1.82) is 0 Å². The van der Waals surface area contributed by atoms with Gasteiger partial charge in [-0.25, -0.2) is 8.42 Å². The molecule has 0 aliphatic rings. The molecule has 3 N–H and O–H groups in total. The number of amides is 1. The van der Waals surface area contributed by atoms with Gasteiger partial charge >= 0.3 is 0 Å². The number of hydrogen-bond acceptors (Lipinski definition) is 4. The van der Waals surface area contributed by atoms with Crippen LogP contribution in [0.25, 0.3) is 0 Å². The zero-order valence-corrected chi connectivity index (χ0v) is 12.6. The van der Waals surface area contributed by atoms with Crippen LogP contribution in [0.3, 0.4) is 0 Å². The summed E-state index contributed by atoms with van der Waals surface area (Å²) in [5.74, 6) is -0.317. The van der Waals surface area contributed by atoms with E-state index in [2.05, 4.69) is 5.32 Å². The summed E-state index contributed by atoms with van der Waals surface area (Å²) in [5, 5.41) is 2.96. The summed E-state index contributed by atoms with van der Waals surface area (Å²) in [4.78, 5) is 11.9. The normalized spacial score (nSPS) is 14.3. The predicted octanol–water partition coefficient (Wildman–Crippen LogP) is 0.833. The molecule has 0 spiro atoms. The van der Waals surface area contributed by atoms with Gasteiger partial charge in [0.2, 0.25) is 5.91 Å². The Morgan fingerprint density at radius 2 is 1.67 bits per heavy atom. The van der Waals surface area contributed by atoms with Gasteiger partial charge in [0, 0.05) is 11.8 Å². The lowest BCUT2D eigenvalue weighted by atomic mass is 9.89. The largest absolute Gasteiger partial charge is 0.349 e. The second-order valence-corrected chi connectivity index (χ2v) is 7.12. The molecule has 0 saturated heterocycles. The molecule has 0 aliphatic heterocycles. The highest BCUT2D eigenvalue weighted by Crippen LogP contribution is 2.19. The first-order valence-electron chi connectivity index (χ1n) is 6.45. The zero-order chi connectivity index (χ0) is 14.4. The van der Waals surface area contributed by atoms with Gasteiger partial charge < -0.3 is 11.1 Å². The van der Waals surface area contributed by atoms with Crippen LogP contribution in [0, 0.1) is 0 Å². The molecule has 108 valence electrons. The summed E-state index contributed by atoms with van der Waals surface area (Å²) in [5.41, 5.74) is 5.50. The monoisotopic (exact) mass is 278 g/mol. The number of sulfone groups is 1. The molecule has 0 fully saturated rings. The van der Waals surface area contributed by atoms with Gasteiger partial charge in [-0.1, -0.05) is 20.8 Å². The van der Waals surface area contributed by atoms with E-state index in [-0.39, 0.29) is 23.6 Å². The van der Waals surface area contributed by atoms with Crippen LogP contribution in [0.4, 0.5) is 0 Å². The van der Waals surface area contributed by atoms with E-state index in [1.807, 2.05) is 20.8 Å². The van der Waals surface area contributed by atoms with Gasteiger partial charge in [-0.15, -0.1) is 0 Å². The fraction of sp³-hybridized carbons (Fsp3) is 0.917. The molecule has 1 amide bonds. The molecule has 0 rings (SSSR count). The van der Waals surface area contributed by atoms with Crippen molar-refractivity contribution in [2.24, 2.45) is 5.73 Å². The van der Waals surface area contributed by atoms with E-state index in [9.17, 15) is 13.2 Å². The molecule has 0 aliphatic carbocycles. The Hall–Kier alpha value is -0.620. The van der Waals surface area contributed by atoms with Crippen molar-refractivity contribution in [3.05, 3.63) is 0 Å². The van der Waals surface area contributed by atoms with Crippen molar-refractivity contribution in [1.82, 2.24) is 5.32 Å². The molecule has 6 heteroatoms. The number of carbonyl (C=O) groups excluding carboxylic acids is 1. The Morgan fingerprint density at radius 1 is 1.22 bits per heavy atom. The van der Waals surface area contributed by atoms with Crippen LogP contribution in [0.1, 0.15) is 46.5 Å². The minimum Gasteiger partial charge on any atom is -0.349 e. The Kier molecular flexibility index (Phi) is 6.84. The van der Waals surface area contributed by atoms with Gasteiger partial charge in [0.05, 0.1) is 11.8 Å². The molecular formula is C12H26N2O3S. The Bertz CT molecular complexity index is 353. The SMILES string of the molecule is CCC(CC)(CC)NC(=O)C(N)CCS(C)(=O)=O. The van der Waals surface area contributed by atoms with Gasteiger partial charge in [-0.2, -0.15) is 0 Å². The van der Waals surface area contributed by atoms with E-state index in [4.69, 9.17) is 5.73 Å². The molecule has 18 heavy (non-hydrogen) atoms. The molecule has 1 unspecified atom stereocenters. The molecule has 1 atom stereocenters. The Labute approximate surface area is 110 Å². The van der Waals surface area contributed by atoms with E-state index in [1.165, 1.54) is 0 Å². The minimum atomic E-state index is -3.07. The number of nitrogens with one attached hydrogen (secondary N) is 1. The third-order valence-corrected chi connectivity index (χ3v) is 4.53. The topological polar surface area (TPSA) is 89.3 Å². The number of hydrogen-bond donors (Lipinski definition) is 2. The van der Waals surface area contributed by atoms with Crippen LogP contribution >= 0.6 is 0 Å². The molecule has 0 bridgehead atoms. The van der Waals surface area contributed by atoms with E-state index < -0.39 is 15.9 Å². The lowest BCUT2D eigenvalue weighted by molar-refractivity contribution is -0.124. The maximum Gasteiger partial charge on any atom is 0.237 e. The smallest absolute Gasteiger partial charge is 0.237 e. The second kappa shape index (κ2) is 7.09. The molecule has 0 saturated carbocycles. The van der Waals surface area contributed by atoms with Crippen molar-refractivity contribution < 1.29 is 13.2 Å². The van der Waals surface area contributed by atoms with Gasteiger partial charge in [0.25, 0.3) is 0 Å². The molecule has 5 nitrogen and oxygen atoms in total. The van der Waals surface area contributed by atoms with Crippen molar-refractivity contribution in [2.75, 3.05) is 12.0 Å². The molecule has 0 aromatic carbocycles. The maximum absolute atomic E-state index is 11.9. The average molecular weight is 278 g/mol. The Morgan fingerprint density at radius 3 is 2.00 bits per heavy atom. The Balaban J connectivity index is 4.47. The van der Waals surface area contributed by atoms with Gasteiger partial charge in [-0.05, 0) is 25.7 Å². The minimum absolute atomic E-state index is 0.0566. The number of carbonyl (C=O) groups is 1. The van der Waals surface area contributed by atoms with Crippen LogP contribution in [-0.4, -0.2) is 37.9 Å². The standard InChI is InChI=1S/C12H26N2O3S/c1-5-12(6-2,7-3)14-11(15)10(13)8-9-18(4,16)17/h10H,5-9,13H2,1-4H3,(H,14,15). The third kappa shape index (κ3) is 5.82. The van der Waals surface area contributed by atoms with Crippen LogP contribution in [-0.2, 0) is 14.6 Å². The molecular weight excluding hydrogens is 252 g/mol. The van der Waals surface area contributed by atoms with Crippen molar-refractivity contribution in [2.45, 2.75) is 58.0 Å². The summed E-state index contributed by atoms with van der Waals surface area (Å²) >= 11 is 0. The maximum atomic E-state index is 11.9. The lowest BCUT2D eigenvalue weighted by Crippen LogP contribution is -2.53. The summed E-state index contributed by atoms with van der Waals surface area (Å²) in [6.45, 7) is 6.07. The van der Waals surface area contributed by atoms with Crippen molar-refractivity contribution >= 4 is 15.7 Å². The first-order chi connectivity index (χ1) is 8.19. The summed E-state index contributed by atoms with van der Waals surface area (Å²) in [6.07, 6.45) is 3.82. The summed E-state index contributed by atoms with van der Waals surface area (Å²) in [7, 11) is -3.07. The predicted molar refractivity (Wildman–Crippen MR) is 74.0 cm³/mol. The first kappa shape index (κ1) is 17.4. The van der Waals surface area contributed by atoms with Gasteiger partial charge in [0.1, 0.15) is 9.84 Å². The van der Waals surface area contributed by atoms with Gasteiger partial charge in [0.15, 0.2) is 0 Å². The van der Waals surface area contributed by atoms with E-state index in [0.29, 0.717) is 0 Å². The molecule has 0 radical (unpaired) electrons. The third-order valence-electron chi connectivity index (χ3n) is 3.56. The highest BCUT2D eigenvalue weighted by Gasteiger charge is 2.28. The van der Waals surface area contributed by atoms with Crippen LogP contribution < -0.4 is 11.1 Å². The average Bonchev–Trinajstić information content (AvgIpc) is 2.32. The van der Waals surface area contributed by atoms with Crippen LogP contribution in [0.15, 0.2) is 0 Å². The fourth-order valence-electron chi connectivity index (χ4n) is 1.84. The van der Waals surface area contributed by atoms with Gasteiger partial charge in [-0.3, -0.25) is 4.79 Å². The number of rotatable bonds is 8. The van der Waals surface area contributed by atoms with E-state index in [1.54, 1.807) is 0 Å². The second-order valence-electron chi connectivity index (χ2n) is 4.86. The van der Waals surface area contributed by atoms with Crippen molar-refractivity contribution in [3.63, 3.8) is 0 Å². The highest BCUT2D eigenvalue weighted by molar-refractivity contribution is 7.90. The molecule has 0 aromatic rings. The molecule has 0 aromatic heterocycles. The zero-order valence-electron chi connectivity index (χ0n) is 11.8. The van der Waals surface area contributed by atoms with Crippen LogP contribution in [0.5, 0.6) is 0 Å².